The fraction of sp³-hybridized carbons (Fsp3) is 0. The molecule has 0 spiro atoms. The molecule has 3 aromatic heterocycles. The smallest absolute Gasteiger partial charge is 0.213 e. The van der Waals surface area contributed by atoms with E-state index in [1.807, 2.05) is 72.8 Å². The SMILES string of the molecule is c1ccc(-c2nc(-c3ccccc3)nc(-c3ccc(-c4ccc(-c5c6cccc(-c7ccccc7)c6n6c5oc5ccccc56)cc4)c4ccccc34)n2)cc1. The van der Waals surface area contributed by atoms with Gasteiger partial charge in [0.2, 0.25) is 5.71 Å². The van der Waals surface area contributed by atoms with E-state index in [0.29, 0.717) is 17.5 Å². The minimum atomic E-state index is 0.640. The topological polar surface area (TPSA) is 56.2 Å². The van der Waals surface area contributed by atoms with Crippen LogP contribution in [0.2, 0.25) is 0 Å². The number of aromatic nitrogens is 4. The summed E-state index contributed by atoms with van der Waals surface area (Å²) in [6.07, 6.45) is 0. The first-order chi connectivity index (χ1) is 27.8. The number of para-hydroxylation sites is 3. The van der Waals surface area contributed by atoms with Gasteiger partial charge in [0.15, 0.2) is 23.1 Å². The maximum atomic E-state index is 6.66. The minimum Gasteiger partial charge on any atom is -0.438 e. The van der Waals surface area contributed by atoms with Crippen LogP contribution in [0.1, 0.15) is 0 Å². The van der Waals surface area contributed by atoms with Gasteiger partial charge in [0.25, 0.3) is 0 Å². The Kier molecular flexibility index (Phi) is 7.42. The molecule has 0 unspecified atom stereocenters. The Bertz CT molecular complexity index is 3160. The molecule has 0 aliphatic heterocycles. The van der Waals surface area contributed by atoms with Gasteiger partial charge >= 0.3 is 0 Å². The Balaban J connectivity index is 1.05. The van der Waals surface area contributed by atoms with E-state index < -0.39 is 0 Å². The van der Waals surface area contributed by atoms with Crippen LogP contribution in [0.3, 0.4) is 0 Å². The Labute approximate surface area is 322 Å². The van der Waals surface area contributed by atoms with Gasteiger partial charge in [-0.05, 0) is 51.2 Å². The predicted molar refractivity (Wildman–Crippen MR) is 228 cm³/mol. The number of oxazole rings is 1. The molecule has 0 radical (unpaired) electrons. The van der Waals surface area contributed by atoms with Crippen LogP contribution < -0.4 is 0 Å². The maximum absolute atomic E-state index is 6.66. The summed E-state index contributed by atoms with van der Waals surface area (Å²) in [5.41, 5.74) is 13.5. The highest BCUT2D eigenvalue weighted by Gasteiger charge is 2.23. The maximum Gasteiger partial charge on any atom is 0.213 e. The van der Waals surface area contributed by atoms with E-state index in [2.05, 4.69) is 126 Å². The van der Waals surface area contributed by atoms with Crippen molar-refractivity contribution < 1.29 is 4.42 Å². The van der Waals surface area contributed by atoms with Gasteiger partial charge in [-0.2, -0.15) is 0 Å². The summed E-state index contributed by atoms with van der Waals surface area (Å²) in [5.74, 6) is 1.93. The van der Waals surface area contributed by atoms with Crippen molar-refractivity contribution in [2.45, 2.75) is 0 Å². The van der Waals surface area contributed by atoms with Crippen LogP contribution in [-0.2, 0) is 0 Å². The van der Waals surface area contributed by atoms with Crippen molar-refractivity contribution in [2.75, 3.05) is 0 Å². The lowest BCUT2D eigenvalue weighted by molar-refractivity contribution is 0.658. The molecule has 0 fully saturated rings. The van der Waals surface area contributed by atoms with Crippen LogP contribution in [0, 0.1) is 0 Å². The Hall–Kier alpha value is -7.63. The first-order valence-corrected chi connectivity index (χ1v) is 18.8. The average Bonchev–Trinajstić information content (AvgIpc) is 3.81. The summed E-state index contributed by atoms with van der Waals surface area (Å²) in [6, 6.07) is 67.4. The number of hydrogen-bond donors (Lipinski definition) is 0. The largest absolute Gasteiger partial charge is 0.438 e. The molecule has 0 N–H and O–H groups in total. The number of rotatable bonds is 6. The van der Waals surface area contributed by atoms with Crippen LogP contribution in [0.15, 0.2) is 199 Å². The second kappa shape index (κ2) is 13.0. The molecule has 5 heteroatoms. The highest BCUT2D eigenvalue weighted by atomic mass is 16.3. The Morgan fingerprint density at radius 2 is 0.839 bits per heavy atom. The summed E-state index contributed by atoms with van der Waals surface area (Å²) in [6.45, 7) is 0. The summed E-state index contributed by atoms with van der Waals surface area (Å²) >= 11 is 0. The van der Waals surface area contributed by atoms with E-state index in [9.17, 15) is 0 Å². The van der Waals surface area contributed by atoms with Crippen molar-refractivity contribution in [3.05, 3.63) is 194 Å². The zero-order chi connectivity index (χ0) is 37.0. The number of hydrogen-bond acceptors (Lipinski definition) is 4. The third-order valence-corrected chi connectivity index (χ3v) is 10.7. The van der Waals surface area contributed by atoms with Gasteiger partial charge < -0.3 is 4.42 Å². The third kappa shape index (κ3) is 5.21. The van der Waals surface area contributed by atoms with Gasteiger partial charge in [0, 0.05) is 27.6 Å². The summed E-state index contributed by atoms with van der Waals surface area (Å²) in [7, 11) is 0. The lowest BCUT2D eigenvalue weighted by atomic mass is 9.93. The van der Waals surface area contributed by atoms with Gasteiger partial charge in [-0.15, -0.1) is 0 Å². The Morgan fingerprint density at radius 1 is 0.339 bits per heavy atom. The third-order valence-electron chi connectivity index (χ3n) is 10.7. The fourth-order valence-electron chi connectivity index (χ4n) is 8.09. The molecule has 56 heavy (non-hydrogen) atoms. The molecular weight excluding hydrogens is 685 g/mol. The molecule has 0 atom stereocenters. The van der Waals surface area contributed by atoms with Crippen LogP contribution in [0.4, 0.5) is 0 Å². The molecule has 11 aromatic rings. The number of nitrogens with zero attached hydrogens (tertiary/aromatic N) is 4. The highest BCUT2D eigenvalue weighted by Crippen LogP contribution is 2.44. The molecule has 0 aliphatic carbocycles. The molecule has 0 amide bonds. The standard InChI is InChI=1S/C51H32N4O/c1-4-15-33(16-5-1)39-23-14-24-43-46(51-55(47(39)43)44-25-12-13-26-45(44)56-51)35-29-27-34(28-30-35)38-31-32-42(41-22-11-10-21-40(38)41)50-53-48(36-17-6-2-7-18-36)52-49(54-50)37-19-8-3-9-20-37/h1-32H. The molecule has 0 saturated carbocycles. The van der Waals surface area contributed by atoms with E-state index >= 15 is 0 Å². The van der Waals surface area contributed by atoms with Crippen LogP contribution in [0.25, 0.3) is 106 Å². The van der Waals surface area contributed by atoms with E-state index in [1.54, 1.807) is 0 Å². The molecule has 3 heterocycles. The molecule has 0 saturated heterocycles. The van der Waals surface area contributed by atoms with E-state index in [0.717, 1.165) is 77.4 Å². The predicted octanol–water partition coefficient (Wildman–Crippen LogP) is 13.2. The normalized spacial score (nSPS) is 11.6. The van der Waals surface area contributed by atoms with Crippen LogP contribution >= 0.6 is 0 Å². The molecular formula is C51H32N4O. The zero-order valence-corrected chi connectivity index (χ0v) is 30.2. The van der Waals surface area contributed by atoms with Crippen molar-refractivity contribution in [2.24, 2.45) is 0 Å². The second-order valence-electron chi connectivity index (χ2n) is 14.0. The van der Waals surface area contributed by atoms with Crippen molar-refractivity contribution in [1.82, 2.24) is 19.4 Å². The summed E-state index contributed by atoms with van der Waals surface area (Å²) in [4.78, 5) is 15.0. The molecule has 0 bridgehead atoms. The van der Waals surface area contributed by atoms with Crippen LogP contribution in [-0.4, -0.2) is 19.4 Å². The number of fused-ring (bicyclic) bond motifs is 6. The summed E-state index contributed by atoms with van der Waals surface area (Å²) < 4.78 is 8.95. The quantitative estimate of drug-likeness (QED) is 0.172. The van der Waals surface area contributed by atoms with Gasteiger partial charge in [-0.3, -0.25) is 4.40 Å². The molecule has 0 aliphatic rings. The van der Waals surface area contributed by atoms with E-state index in [4.69, 9.17) is 19.4 Å². The lowest BCUT2D eigenvalue weighted by Gasteiger charge is -2.13. The van der Waals surface area contributed by atoms with Gasteiger partial charge in [0.1, 0.15) is 0 Å². The van der Waals surface area contributed by atoms with E-state index in [-0.39, 0.29) is 0 Å². The minimum absolute atomic E-state index is 0.640. The van der Waals surface area contributed by atoms with Gasteiger partial charge in [0.05, 0.1) is 16.6 Å². The average molecular weight is 717 g/mol. The van der Waals surface area contributed by atoms with Gasteiger partial charge in [-0.1, -0.05) is 176 Å². The number of benzene rings is 8. The summed E-state index contributed by atoms with van der Waals surface area (Å²) in [5, 5.41) is 3.36. The van der Waals surface area contributed by atoms with Crippen molar-refractivity contribution >= 4 is 38.5 Å². The zero-order valence-electron chi connectivity index (χ0n) is 30.2. The molecule has 8 aromatic carbocycles. The monoisotopic (exact) mass is 716 g/mol. The van der Waals surface area contributed by atoms with Crippen molar-refractivity contribution in [1.29, 1.82) is 0 Å². The van der Waals surface area contributed by atoms with Crippen molar-refractivity contribution in [3.8, 4) is 67.5 Å². The van der Waals surface area contributed by atoms with Crippen LogP contribution in [0.5, 0.6) is 0 Å². The first kappa shape index (κ1) is 31.9. The molecule has 11 rings (SSSR count). The second-order valence-corrected chi connectivity index (χ2v) is 14.0. The molecule has 262 valence electrons. The highest BCUT2D eigenvalue weighted by molar-refractivity contribution is 6.12. The fourth-order valence-corrected chi connectivity index (χ4v) is 8.09. The molecule has 5 nitrogen and oxygen atoms in total. The van der Waals surface area contributed by atoms with Gasteiger partial charge in [-0.25, -0.2) is 15.0 Å². The van der Waals surface area contributed by atoms with E-state index in [1.165, 1.54) is 11.1 Å². The Morgan fingerprint density at radius 3 is 1.52 bits per heavy atom. The first-order valence-electron chi connectivity index (χ1n) is 18.8. The van der Waals surface area contributed by atoms with Crippen molar-refractivity contribution in [3.63, 3.8) is 0 Å². The lowest BCUT2D eigenvalue weighted by Crippen LogP contribution is -2.00.